The van der Waals surface area contributed by atoms with Crippen molar-refractivity contribution in [1.82, 2.24) is 19.2 Å². The molecule has 0 spiro atoms. The number of rotatable bonds is 4. The number of likely N-dealkylation sites (tertiary alicyclic amines) is 1. The van der Waals surface area contributed by atoms with E-state index in [1.165, 1.54) is 38.5 Å². The van der Waals surface area contributed by atoms with Crippen LogP contribution in [-0.2, 0) is 13.7 Å². The smallest absolute Gasteiger partial charge is 0.199 e. The number of piperidine rings is 1. The topological polar surface area (TPSA) is 35.2 Å². The molecule has 2 heterocycles. The molecule has 1 aliphatic heterocycles. The van der Waals surface area contributed by atoms with Crippen LogP contribution in [0.1, 0.15) is 38.5 Å². The summed E-state index contributed by atoms with van der Waals surface area (Å²) < 4.78 is 10.3. The first-order valence-electron chi connectivity index (χ1n) is 9.70. The van der Waals surface area contributed by atoms with E-state index in [-0.39, 0.29) is 0 Å². The summed E-state index contributed by atoms with van der Waals surface area (Å²) in [6, 6.07) is 8.70. The monoisotopic (exact) mass is 372 g/mol. The van der Waals surface area contributed by atoms with E-state index in [0.717, 1.165) is 41.0 Å². The second-order valence-corrected chi connectivity index (χ2v) is 7.94. The standard InChI is InChI=1S/C20H28N4OS/c1-22-19(16-10-4-6-12-18(16)25-2)21-24(20(22)26)14-23-13-7-9-15-8-3-5-11-17(15)23/h4,6,10,12,15,17H,3,5,7-9,11,13-14H2,1-2H3/t15-,17+/m0/s1. The molecule has 0 bridgehead atoms. The SMILES string of the molecule is COc1ccccc1-c1nn(CN2CCC[C@@H]3CCCC[C@H]32)c(=S)n1C. The van der Waals surface area contributed by atoms with E-state index in [4.69, 9.17) is 22.1 Å². The van der Waals surface area contributed by atoms with Gasteiger partial charge in [-0.3, -0.25) is 4.90 Å². The molecule has 1 saturated carbocycles. The second-order valence-electron chi connectivity index (χ2n) is 7.57. The van der Waals surface area contributed by atoms with Crippen molar-refractivity contribution in [2.75, 3.05) is 13.7 Å². The van der Waals surface area contributed by atoms with Gasteiger partial charge in [-0.05, 0) is 56.0 Å². The van der Waals surface area contributed by atoms with Gasteiger partial charge < -0.3 is 9.30 Å². The van der Waals surface area contributed by atoms with Gasteiger partial charge in [0.15, 0.2) is 10.6 Å². The highest BCUT2D eigenvalue weighted by Crippen LogP contribution is 2.35. The van der Waals surface area contributed by atoms with Crippen LogP contribution in [-0.4, -0.2) is 38.9 Å². The fourth-order valence-corrected chi connectivity index (χ4v) is 4.90. The van der Waals surface area contributed by atoms with Crippen LogP contribution in [0.5, 0.6) is 5.75 Å². The number of hydrogen-bond acceptors (Lipinski definition) is 4. The highest BCUT2D eigenvalue weighted by Gasteiger charge is 2.33. The van der Waals surface area contributed by atoms with Gasteiger partial charge in [-0.25, -0.2) is 4.68 Å². The molecule has 4 rings (SSSR count). The van der Waals surface area contributed by atoms with Crippen molar-refractivity contribution in [2.24, 2.45) is 13.0 Å². The van der Waals surface area contributed by atoms with E-state index in [2.05, 4.69) is 4.90 Å². The van der Waals surface area contributed by atoms with Gasteiger partial charge in [0.25, 0.3) is 0 Å². The zero-order valence-electron chi connectivity index (χ0n) is 15.7. The van der Waals surface area contributed by atoms with Crippen LogP contribution in [0.2, 0.25) is 0 Å². The number of fused-ring (bicyclic) bond motifs is 1. The Bertz CT molecular complexity index is 825. The summed E-state index contributed by atoms with van der Waals surface area (Å²) in [5.74, 6) is 2.56. The Balaban J connectivity index is 1.63. The number of ether oxygens (including phenoxy) is 1. The van der Waals surface area contributed by atoms with E-state index < -0.39 is 0 Å². The average Bonchev–Trinajstić information content (AvgIpc) is 2.96. The van der Waals surface area contributed by atoms with Crippen LogP contribution in [0, 0.1) is 10.7 Å². The lowest BCUT2D eigenvalue weighted by Crippen LogP contribution is -2.47. The van der Waals surface area contributed by atoms with Crippen LogP contribution in [0.15, 0.2) is 24.3 Å². The van der Waals surface area contributed by atoms with E-state index in [1.54, 1.807) is 7.11 Å². The van der Waals surface area contributed by atoms with Crippen molar-refractivity contribution in [3.05, 3.63) is 29.0 Å². The number of nitrogens with zero attached hydrogens (tertiary/aromatic N) is 4. The van der Waals surface area contributed by atoms with Crippen molar-refractivity contribution in [1.29, 1.82) is 0 Å². The number of aromatic nitrogens is 3. The Hall–Kier alpha value is -1.66. The molecule has 0 unspecified atom stereocenters. The Kier molecular flexibility index (Phi) is 5.14. The third-order valence-corrected chi connectivity index (χ3v) is 6.55. The molecule has 2 atom stereocenters. The molecular weight excluding hydrogens is 344 g/mol. The average molecular weight is 373 g/mol. The molecular formula is C20H28N4OS. The summed E-state index contributed by atoms with van der Waals surface area (Å²) in [5, 5.41) is 4.87. The van der Waals surface area contributed by atoms with Gasteiger partial charge in [0.05, 0.1) is 19.3 Å². The highest BCUT2D eigenvalue weighted by atomic mass is 32.1. The summed E-state index contributed by atoms with van der Waals surface area (Å²) in [6.07, 6.45) is 8.15. The molecule has 0 radical (unpaired) electrons. The third kappa shape index (κ3) is 3.21. The molecule has 1 aromatic heterocycles. The molecule has 5 nitrogen and oxygen atoms in total. The van der Waals surface area contributed by atoms with Gasteiger partial charge >= 0.3 is 0 Å². The molecule has 1 saturated heterocycles. The van der Waals surface area contributed by atoms with E-state index in [1.807, 2.05) is 40.6 Å². The molecule has 26 heavy (non-hydrogen) atoms. The highest BCUT2D eigenvalue weighted by molar-refractivity contribution is 7.71. The number of hydrogen-bond donors (Lipinski definition) is 0. The van der Waals surface area contributed by atoms with Crippen LogP contribution >= 0.6 is 12.2 Å². The van der Waals surface area contributed by atoms with Crippen molar-refractivity contribution in [3.63, 3.8) is 0 Å². The van der Waals surface area contributed by atoms with Crippen LogP contribution in [0.4, 0.5) is 0 Å². The van der Waals surface area contributed by atoms with Gasteiger partial charge in [0.2, 0.25) is 0 Å². The molecule has 0 amide bonds. The van der Waals surface area contributed by atoms with Crippen molar-refractivity contribution in [3.8, 4) is 17.1 Å². The lowest BCUT2D eigenvalue weighted by atomic mass is 9.78. The molecule has 2 aliphatic rings. The summed E-state index contributed by atoms with van der Waals surface area (Å²) in [4.78, 5) is 2.61. The number of benzene rings is 1. The van der Waals surface area contributed by atoms with Gasteiger partial charge in [-0.1, -0.05) is 25.0 Å². The van der Waals surface area contributed by atoms with Crippen molar-refractivity contribution < 1.29 is 4.74 Å². The number of para-hydroxylation sites is 1. The van der Waals surface area contributed by atoms with E-state index in [9.17, 15) is 0 Å². The number of methoxy groups -OCH3 is 1. The Morgan fingerprint density at radius 1 is 1.15 bits per heavy atom. The second kappa shape index (κ2) is 7.53. The molecule has 1 aliphatic carbocycles. The van der Waals surface area contributed by atoms with Gasteiger partial charge in [0.1, 0.15) is 5.75 Å². The molecule has 2 aromatic rings. The first kappa shape index (κ1) is 17.7. The summed E-state index contributed by atoms with van der Waals surface area (Å²) in [5.41, 5.74) is 0.983. The predicted molar refractivity (Wildman–Crippen MR) is 106 cm³/mol. The Morgan fingerprint density at radius 2 is 1.92 bits per heavy atom. The molecule has 2 fully saturated rings. The Labute approximate surface area is 160 Å². The zero-order valence-corrected chi connectivity index (χ0v) is 16.5. The van der Waals surface area contributed by atoms with Gasteiger partial charge in [-0.2, -0.15) is 5.10 Å². The molecule has 6 heteroatoms. The molecule has 140 valence electrons. The lowest BCUT2D eigenvalue weighted by Gasteiger charge is -2.43. The first-order chi connectivity index (χ1) is 12.7. The maximum absolute atomic E-state index is 5.70. The largest absolute Gasteiger partial charge is 0.496 e. The van der Waals surface area contributed by atoms with Crippen molar-refractivity contribution >= 4 is 12.2 Å². The normalized spacial score (nSPS) is 23.6. The van der Waals surface area contributed by atoms with Crippen LogP contribution < -0.4 is 4.74 Å². The summed E-state index contributed by atoms with van der Waals surface area (Å²) in [6.45, 7) is 1.95. The summed E-state index contributed by atoms with van der Waals surface area (Å²) in [7, 11) is 3.69. The van der Waals surface area contributed by atoms with Crippen LogP contribution in [0.3, 0.4) is 0 Å². The van der Waals surface area contributed by atoms with Gasteiger partial charge in [0, 0.05) is 19.6 Å². The fraction of sp³-hybridized carbons (Fsp3) is 0.600. The van der Waals surface area contributed by atoms with Crippen LogP contribution in [0.25, 0.3) is 11.4 Å². The maximum atomic E-state index is 5.70. The minimum Gasteiger partial charge on any atom is -0.496 e. The minimum absolute atomic E-state index is 0.705. The fourth-order valence-electron chi connectivity index (χ4n) is 4.72. The molecule has 1 aromatic carbocycles. The quantitative estimate of drug-likeness (QED) is 0.752. The van der Waals surface area contributed by atoms with E-state index >= 15 is 0 Å². The third-order valence-electron chi connectivity index (χ3n) is 6.06. The first-order valence-corrected chi connectivity index (χ1v) is 10.1. The van der Waals surface area contributed by atoms with E-state index in [0.29, 0.717) is 6.04 Å². The maximum Gasteiger partial charge on any atom is 0.199 e. The summed E-state index contributed by atoms with van der Waals surface area (Å²) >= 11 is 5.70. The zero-order chi connectivity index (χ0) is 18.1. The lowest BCUT2D eigenvalue weighted by molar-refractivity contribution is 0.0323. The van der Waals surface area contributed by atoms with Gasteiger partial charge in [-0.15, -0.1) is 0 Å². The minimum atomic E-state index is 0.705. The predicted octanol–water partition coefficient (Wildman–Crippen LogP) is 4.24. The Morgan fingerprint density at radius 3 is 2.77 bits per heavy atom. The van der Waals surface area contributed by atoms with Crippen molar-refractivity contribution in [2.45, 2.75) is 51.2 Å². The molecule has 0 N–H and O–H groups in total.